The molecule has 1 N–H and O–H groups in total. The van der Waals surface area contributed by atoms with E-state index in [1.807, 2.05) is 30.3 Å². The normalized spacial score (nSPS) is 10.4. The summed E-state index contributed by atoms with van der Waals surface area (Å²) in [6, 6.07) is 9.35. The highest BCUT2D eigenvalue weighted by atomic mass is 79.9. The standard InChI is InChI=1S/C13H11Br2NO2/c14-10-2-4-13(9(5-10)7-17)18-8-12-3-1-11(15)6-16-12/h1-6,17H,7-8H2. The third-order valence-corrected chi connectivity index (χ3v) is 3.32. The number of benzene rings is 1. The molecule has 1 aromatic heterocycles. The molecule has 5 heteroatoms. The average Bonchev–Trinajstić information content (AvgIpc) is 2.39. The number of nitrogens with zero attached hydrogens (tertiary/aromatic N) is 1. The van der Waals surface area contributed by atoms with Gasteiger partial charge in [-0.2, -0.15) is 0 Å². The second-order valence-corrected chi connectivity index (χ2v) is 5.50. The molecule has 18 heavy (non-hydrogen) atoms. The van der Waals surface area contributed by atoms with Gasteiger partial charge in [0.15, 0.2) is 0 Å². The summed E-state index contributed by atoms with van der Waals surface area (Å²) in [5.41, 5.74) is 1.59. The molecule has 0 aliphatic rings. The molecular formula is C13H11Br2NO2. The van der Waals surface area contributed by atoms with E-state index in [1.165, 1.54) is 0 Å². The molecule has 0 aliphatic carbocycles. The molecule has 2 rings (SSSR count). The zero-order chi connectivity index (χ0) is 13.0. The number of aliphatic hydroxyl groups is 1. The van der Waals surface area contributed by atoms with E-state index in [9.17, 15) is 5.11 Å². The first-order valence-corrected chi connectivity index (χ1v) is 6.90. The highest BCUT2D eigenvalue weighted by Gasteiger charge is 2.04. The van der Waals surface area contributed by atoms with Gasteiger partial charge in [-0.05, 0) is 46.3 Å². The number of hydrogen-bond acceptors (Lipinski definition) is 3. The van der Waals surface area contributed by atoms with Gasteiger partial charge in [0, 0.05) is 20.7 Å². The summed E-state index contributed by atoms with van der Waals surface area (Å²) >= 11 is 6.69. The van der Waals surface area contributed by atoms with E-state index in [0.717, 1.165) is 20.2 Å². The van der Waals surface area contributed by atoms with Crippen molar-refractivity contribution in [2.75, 3.05) is 0 Å². The largest absolute Gasteiger partial charge is 0.487 e. The van der Waals surface area contributed by atoms with E-state index in [0.29, 0.717) is 12.4 Å². The molecule has 0 fully saturated rings. The van der Waals surface area contributed by atoms with Gasteiger partial charge in [0.25, 0.3) is 0 Å². The molecule has 3 nitrogen and oxygen atoms in total. The van der Waals surface area contributed by atoms with Gasteiger partial charge in [-0.25, -0.2) is 0 Å². The summed E-state index contributed by atoms with van der Waals surface area (Å²) in [6.07, 6.45) is 1.73. The average molecular weight is 373 g/mol. The molecule has 0 radical (unpaired) electrons. The Morgan fingerprint density at radius 1 is 1.11 bits per heavy atom. The maximum Gasteiger partial charge on any atom is 0.130 e. The Bertz CT molecular complexity index is 529. The van der Waals surface area contributed by atoms with Crippen LogP contribution in [0.25, 0.3) is 0 Å². The van der Waals surface area contributed by atoms with Crippen molar-refractivity contribution in [3.05, 3.63) is 56.7 Å². The Hall–Kier alpha value is -0.910. The second-order valence-electron chi connectivity index (χ2n) is 3.67. The summed E-state index contributed by atoms with van der Waals surface area (Å²) in [4.78, 5) is 4.22. The molecule has 0 aliphatic heterocycles. The number of pyridine rings is 1. The Labute approximate surface area is 122 Å². The van der Waals surface area contributed by atoms with E-state index in [2.05, 4.69) is 36.8 Å². The lowest BCUT2D eigenvalue weighted by Gasteiger charge is -2.10. The third-order valence-electron chi connectivity index (χ3n) is 2.36. The van der Waals surface area contributed by atoms with Crippen LogP contribution in [-0.2, 0) is 13.2 Å². The fourth-order valence-electron chi connectivity index (χ4n) is 1.46. The lowest BCUT2D eigenvalue weighted by molar-refractivity contribution is 0.257. The number of rotatable bonds is 4. The number of aromatic nitrogens is 1. The minimum absolute atomic E-state index is 0.0530. The molecule has 0 unspecified atom stereocenters. The first-order valence-electron chi connectivity index (χ1n) is 5.31. The Morgan fingerprint density at radius 2 is 1.89 bits per heavy atom. The molecule has 0 atom stereocenters. The van der Waals surface area contributed by atoms with Crippen LogP contribution < -0.4 is 4.74 Å². The second kappa shape index (κ2) is 6.31. The van der Waals surface area contributed by atoms with Gasteiger partial charge in [-0.3, -0.25) is 4.98 Å². The van der Waals surface area contributed by atoms with Crippen LogP contribution in [0.4, 0.5) is 0 Å². The predicted molar refractivity (Wildman–Crippen MR) is 76.3 cm³/mol. The number of hydrogen-bond donors (Lipinski definition) is 1. The zero-order valence-electron chi connectivity index (χ0n) is 9.44. The predicted octanol–water partition coefficient (Wildman–Crippen LogP) is 3.68. The molecule has 1 heterocycles. The van der Waals surface area contributed by atoms with E-state index in [4.69, 9.17) is 4.74 Å². The third kappa shape index (κ3) is 3.54. The maximum absolute atomic E-state index is 9.25. The fraction of sp³-hybridized carbons (Fsp3) is 0.154. The van der Waals surface area contributed by atoms with Gasteiger partial charge in [-0.1, -0.05) is 15.9 Å². The Balaban J connectivity index is 2.08. The van der Waals surface area contributed by atoms with Crippen LogP contribution >= 0.6 is 31.9 Å². The summed E-state index contributed by atoms with van der Waals surface area (Å²) in [7, 11) is 0. The minimum Gasteiger partial charge on any atom is -0.487 e. The van der Waals surface area contributed by atoms with Crippen molar-refractivity contribution in [3.8, 4) is 5.75 Å². The van der Waals surface area contributed by atoms with Crippen LogP contribution in [0.3, 0.4) is 0 Å². The number of halogens is 2. The van der Waals surface area contributed by atoms with Gasteiger partial charge >= 0.3 is 0 Å². The van der Waals surface area contributed by atoms with Gasteiger partial charge in [0.1, 0.15) is 12.4 Å². The quantitative estimate of drug-likeness (QED) is 0.890. The number of ether oxygens (including phenoxy) is 1. The van der Waals surface area contributed by atoms with E-state index >= 15 is 0 Å². The summed E-state index contributed by atoms with van der Waals surface area (Å²) in [5.74, 6) is 0.672. The van der Waals surface area contributed by atoms with E-state index in [1.54, 1.807) is 6.20 Å². The Morgan fingerprint density at radius 3 is 2.56 bits per heavy atom. The molecule has 1 aromatic carbocycles. The summed E-state index contributed by atoms with van der Waals surface area (Å²) < 4.78 is 7.50. The van der Waals surface area contributed by atoms with Crippen molar-refractivity contribution >= 4 is 31.9 Å². The van der Waals surface area contributed by atoms with Crippen molar-refractivity contribution in [2.24, 2.45) is 0 Å². The van der Waals surface area contributed by atoms with Crippen molar-refractivity contribution in [1.82, 2.24) is 4.98 Å². The van der Waals surface area contributed by atoms with Crippen LogP contribution in [0.1, 0.15) is 11.3 Å². The maximum atomic E-state index is 9.25. The summed E-state index contributed by atoms with van der Waals surface area (Å²) in [6.45, 7) is 0.324. The smallest absolute Gasteiger partial charge is 0.130 e. The highest BCUT2D eigenvalue weighted by molar-refractivity contribution is 9.10. The molecule has 0 saturated heterocycles. The molecule has 0 saturated carbocycles. The van der Waals surface area contributed by atoms with Gasteiger partial charge in [0.05, 0.1) is 12.3 Å². The lowest BCUT2D eigenvalue weighted by atomic mass is 10.2. The van der Waals surface area contributed by atoms with E-state index in [-0.39, 0.29) is 6.61 Å². The van der Waals surface area contributed by atoms with Crippen molar-refractivity contribution in [2.45, 2.75) is 13.2 Å². The molecule has 2 aromatic rings. The SMILES string of the molecule is OCc1cc(Br)ccc1OCc1ccc(Br)cn1. The van der Waals surface area contributed by atoms with Crippen LogP contribution in [0.5, 0.6) is 5.75 Å². The zero-order valence-corrected chi connectivity index (χ0v) is 12.6. The first-order chi connectivity index (χ1) is 8.69. The van der Waals surface area contributed by atoms with Crippen LogP contribution in [0, 0.1) is 0 Å². The van der Waals surface area contributed by atoms with E-state index < -0.39 is 0 Å². The highest BCUT2D eigenvalue weighted by Crippen LogP contribution is 2.24. The molecule has 0 bridgehead atoms. The fourth-order valence-corrected chi connectivity index (χ4v) is 2.10. The molecule has 0 amide bonds. The molecular weight excluding hydrogens is 362 g/mol. The summed E-state index contributed by atoms with van der Waals surface area (Å²) in [5, 5.41) is 9.25. The van der Waals surface area contributed by atoms with Crippen molar-refractivity contribution in [1.29, 1.82) is 0 Å². The first kappa shape index (κ1) is 13.5. The van der Waals surface area contributed by atoms with Gasteiger partial charge in [-0.15, -0.1) is 0 Å². The topological polar surface area (TPSA) is 42.4 Å². The van der Waals surface area contributed by atoms with Crippen molar-refractivity contribution in [3.63, 3.8) is 0 Å². The number of aliphatic hydroxyl groups excluding tert-OH is 1. The van der Waals surface area contributed by atoms with Crippen LogP contribution in [0.2, 0.25) is 0 Å². The molecule has 0 spiro atoms. The monoisotopic (exact) mass is 371 g/mol. The molecule has 94 valence electrons. The van der Waals surface area contributed by atoms with Crippen LogP contribution in [0.15, 0.2) is 45.5 Å². The lowest BCUT2D eigenvalue weighted by Crippen LogP contribution is -2.00. The minimum atomic E-state index is -0.0530. The van der Waals surface area contributed by atoms with Crippen molar-refractivity contribution < 1.29 is 9.84 Å². The van der Waals surface area contributed by atoms with Crippen LogP contribution in [-0.4, -0.2) is 10.1 Å². The van der Waals surface area contributed by atoms with Gasteiger partial charge < -0.3 is 9.84 Å². The van der Waals surface area contributed by atoms with Gasteiger partial charge in [0.2, 0.25) is 0 Å². The Kier molecular flexibility index (Phi) is 4.74.